The Morgan fingerprint density at radius 3 is 2.54 bits per heavy atom. The van der Waals surface area contributed by atoms with Crippen LogP contribution < -0.4 is 5.32 Å². The lowest BCUT2D eigenvalue weighted by Gasteiger charge is -2.08. The highest BCUT2D eigenvalue weighted by Gasteiger charge is 2.16. The van der Waals surface area contributed by atoms with E-state index in [4.69, 9.17) is 5.11 Å². The highest BCUT2D eigenvalue weighted by Crippen LogP contribution is 2.21. The van der Waals surface area contributed by atoms with Gasteiger partial charge in [0.1, 0.15) is 5.69 Å². The zero-order valence-corrected chi connectivity index (χ0v) is 14.3. The first-order valence-electron chi connectivity index (χ1n) is 7.82. The number of hydrogen-bond acceptors (Lipinski definition) is 4. The van der Waals surface area contributed by atoms with E-state index >= 15 is 0 Å². The smallest absolute Gasteiger partial charge is 0.305 e. The number of aliphatic carboxylic acids is 1. The van der Waals surface area contributed by atoms with Gasteiger partial charge in [0.05, 0.1) is 30.0 Å². The first kappa shape index (κ1) is 17.7. The highest BCUT2D eigenvalue weighted by molar-refractivity contribution is 6.03. The molecule has 0 atom stereocenters. The predicted octanol–water partition coefficient (Wildman–Crippen LogP) is 2.75. The molecule has 2 heterocycles. The lowest BCUT2D eigenvalue weighted by atomic mass is 10.1. The number of aromatic nitrogens is 3. The summed E-state index contributed by atoms with van der Waals surface area (Å²) in [5.74, 6) is -0.844. The van der Waals surface area contributed by atoms with Gasteiger partial charge in [0.2, 0.25) is 0 Å². The van der Waals surface area contributed by atoms with Crippen molar-refractivity contribution in [3.63, 3.8) is 0 Å². The molecule has 0 aromatic carbocycles. The van der Waals surface area contributed by atoms with Crippen LogP contribution in [0.2, 0.25) is 0 Å². The van der Waals surface area contributed by atoms with Crippen molar-refractivity contribution in [2.24, 2.45) is 0 Å². The van der Waals surface area contributed by atoms with Gasteiger partial charge in [0.25, 0.3) is 5.91 Å². The third-order valence-electron chi connectivity index (χ3n) is 3.84. The summed E-state index contributed by atoms with van der Waals surface area (Å²) in [6, 6.07) is 3.59. The lowest BCUT2D eigenvalue weighted by molar-refractivity contribution is -0.137. The molecule has 7 heteroatoms. The molecule has 2 aromatic rings. The van der Waals surface area contributed by atoms with Crippen LogP contribution in [0.15, 0.2) is 18.3 Å². The molecular weight excluding hydrogens is 308 g/mol. The Morgan fingerprint density at radius 2 is 2.00 bits per heavy atom. The fourth-order valence-corrected chi connectivity index (χ4v) is 2.36. The molecular formula is C17H22N4O3. The average molecular weight is 330 g/mol. The molecule has 0 radical (unpaired) electrons. The van der Waals surface area contributed by atoms with Crippen LogP contribution in [0, 0.1) is 13.8 Å². The minimum atomic E-state index is -0.886. The van der Waals surface area contributed by atoms with Crippen LogP contribution in [0.4, 0.5) is 5.69 Å². The average Bonchev–Trinajstić information content (AvgIpc) is 2.80. The van der Waals surface area contributed by atoms with Crippen LogP contribution >= 0.6 is 0 Å². The van der Waals surface area contributed by atoms with Gasteiger partial charge in [0, 0.05) is 6.20 Å². The van der Waals surface area contributed by atoms with Crippen molar-refractivity contribution in [1.82, 2.24) is 14.8 Å². The van der Waals surface area contributed by atoms with Crippen molar-refractivity contribution in [3.05, 3.63) is 41.0 Å². The second-order valence-corrected chi connectivity index (χ2v) is 6.00. The minimum Gasteiger partial charge on any atom is -0.481 e. The van der Waals surface area contributed by atoms with Gasteiger partial charge in [0.15, 0.2) is 0 Å². The van der Waals surface area contributed by atoms with Crippen LogP contribution in [0.1, 0.15) is 53.6 Å². The number of carboxylic acids is 1. The number of aryl methyl sites for hydroxylation is 2. The number of nitrogens with zero attached hydrogens (tertiary/aromatic N) is 3. The van der Waals surface area contributed by atoms with Crippen LogP contribution in [-0.2, 0) is 11.3 Å². The molecule has 128 valence electrons. The molecule has 0 aliphatic carbocycles. The molecule has 7 nitrogen and oxygen atoms in total. The van der Waals surface area contributed by atoms with E-state index in [1.807, 2.05) is 6.07 Å². The number of carboxylic acid groups (broad SMARTS) is 1. The Kier molecular flexibility index (Phi) is 5.33. The number of hydrogen-bond donors (Lipinski definition) is 2. The van der Waals surface area contributed by atoms with Gasteiger partial charge in [-0.25, -0.2) is 0 Å². The normalized spacial score (nSPS) is 10.9. The van der Waals surface area contributed by atoms with Crippen LogP contribution in [0.5, 0.6) is 0 Å². The quantitative estimate of drug-likeness (QED) is 0.849. The van der Waals surface area contributed by atoms with Crippen molar-refractivity contribution in [3.8, 4) is 0 Å². The molecule has 0 saturated carbocycles. The largest absolute Gasteiger partial charge is 0.481 e. The molecule has 1 amide bonds. The summed E-state index contributed by atoms with van der Waals surface area (Å²) in [6.07, 6.45) is 1.68. The van der Waals surface area contributed by atoms with Gasteiger partial charge >= 0.3 is 5.97 Å². The number of carbonyl (C=O) groups is 2. The van der Waals surface area contributed by atoms with Crippen molar-refractivity contribution in [1.29, 1.82) is 0 Å². The topological polar surface area (TPSA) is 97.1 Å². The second-order valence-electron chi connectivity index (χ2n) is 6.00. The van der Waals surface area contributed by atoms with E-state index in [-0.39, 0.29) is 18.9 Å². The molecule has 0 fully saturated rings. The van der Waals surface area contributed by atoms with Gasteiger partial charge in [-0.05, 0) is 31.4 Å². The third kappa shape index (κ3) is 3.98. The molecule has 24 heavy (non-hydrogen) atoms. The molecule has 2 rings (SSSR count). The van der Waals surface area contributed by atoms with Crippen LogP contribution in [0.3, 0.4) is 0 Å². The molecule has 2 N–H and O–H groups in total. The van der Waals surface area contributed by atoms with Gasteiger partial charge in [-0.15, -0.1) is 0 Å². The summed E-state index contributed by atoms with van der Waals surface area (Å²) >= 11 is 0. The number of nitrogens with one attached hydrogen (secondary N) is 1. The molecule has 0 aliphatic heterocycles. The fraction of sp³-hybridized carbons (Fsp3) is 0.412. The Bertz CT molecular complexity index is 748. The SMILES string of the molecule is Cc1nn(CCC(=O)O)c(C)c1NC(=O)c1ccc(C(C)C)cn1. The van der Waals surface area contributed by atoms with Gasteiger partial charge in [-0.1, -0.05) is 19.9 Å². The zero-order valence-electron chi connectivity index (χ0n) is 14.3. The predicted molar refractivity (Wildman–Crippen MR) is 90.2 cm³/mol. The summed E-state index contributed by atoms with van der Waals surface area (Å²) in [5, 5.41) is 15.9. The highest BCUT2D eigenvalue weighted by atomic mass is 16.4. The summed E-state index contributed by atoms with van der Waals surface area (Å²) in [6.45, 7) is 7.96. The van der Waals surface area contributed by atoms with Crippen molar-refractivity contribution in [2.45, 2.75) is 46.6 Å². The minimum absolute atomic E-state index is 0.0203. The van der Waals surface area contributed by atoms with E-state index in [1.165, 1.54) is 0 Å². The van der Waals surface area contributed by atoms with Crippen molar-refractivity contribution >= 4 is 17.6 Å². The molecule has 0 bridgehead atoms. The zero-order chi connectivity index (χ0) is 17.9. The third-order valence-corrected chi connectivity index (χ3v) is 3.84. The first-order valence-corrected chi connectivity index (χ1v) is 7.82. The van der Waals surface area contributed by atoms with Gasteiger partial charge < -0.3 is 10.4 Å². The maximum absolute atomic E-state index is 12.4. The molecule has 0 saturated heterocycles. The van der Waals surface area contributed by atoms with Crippen molar-refractivity contribution < 1.29 is 14.7 Å². The van der Waals surface area contributed by atoms with E-state index in [0.29, 0.717) is 23.0 Å². The first-order chi connectivity index (χ1) is 11.3. The molecule has 0 unspecified atom stereocenters. The maximum Gasteiger partial charge on any atom is 0.305 e. The summed E-state index contributed by atoms with van der Waals surface area (Å²) < 4.78 is 1.59. The summed E-state index contributed by atoms with van der Waals surface area (Å²) in [7, 11) is 0. The number of anilines is 1. The van der Waals surface area contributed by atoms with Gasteiger partial charge in [-0.3, -0.25) is 19.3 Å². The number of carbonyl (C=O) groups excluding carboxylic acids is 1. The molecule has 0 aliphatic rings. The number of pyridine rings is 1. The molecule has 2 aromatic heterocycles. The summed E-state index contributed by atoms with van der Waals surface area (Å²) in [4.78, 5) is 27.3. The van der Waals surface area contributed by atoms with E-state index in [1.54, 1.807) is 30.8 Å². The lowest BCUT2D eigenvalue weighted by Crippen LogP contribution is -2.15. The van der Waals surface area contributed by atoms with E-state index in [2.05, 4.69) is 29.2 Å². The van der Waals surface area contributed by atoms with Crippen LogP contribution in [-0.4, -0.2) is 31.7 Å². The fourth-order valence-electron chi connectivity index (χ4n) is 2.36. The second kappa shape index (κ2) is 7.25. The Balaban J connectivity index is 2.15. The Morgan fingerprint density at radius 1 is 1.29 bits per heavy atom. The number of rotatable bonds is 6. The van der Waals surface area contributed by atoms with Crippen molar-refractivity contribution in [2.75, 3.05) is 5.32 Å². The van der Waals surface area contributed by atoms with E-state index in [0.717, 1.165) is 11.3 Å². The standard InChI is InChI=1S/C17H22N4O3/c1-10(2)13-5-6-14(18-9-13)17(24)19-16-11(3)20-21(12(16)4)8-7-15(22)23/h5-6,9-10H,7-8H2,1-4H3,(H,19,24)(H,22,23). The summed E-state index contributed by atoms with van der Waals surface area (Å²) in [5.41, 5.74) is 3.36. The maximum atomic E-state index is 12.4. The number of amides is 1. The Hall–Kier alpha value is -2.70. The Labute approximate surface area is 140 Å². The van der Waals surface area contributed by atoms with Crippen LogP contribution in [0.25, 0.3) is 0 Å². The van der Waals surface area contributed by atoms with E-state index in [9.17, 15) is 9.59 Å². The van der Waals surface area contributed by atoms with E-state index < -0.39 is 5.97 Å². The van der Waals surface area contributed by atoms with Gasteiger partial charge in [-0.2, -0.15) is 5.10 Å². The monoisotopic (exact) mass is 330 g/mol. The molecule has 0 spiro atoms.